The van der Waals surface area contributed by atoms with Gasteiger partial charge in [0.15, 0.2) is 5.78 Å². The second-order valence-corrected chi connectivity index (χ2v) is 8.05. The molecule has 9 heteroatoms. The molecule has 0 spiro atoms. The Bertz CT molecular complexity index is 1500. The molecule has 178 valence electrons. The number of rotatable bonds is 7. The Morgan fingerprint density at radius 3 is 2.43 bits per heavy atom. The number of hydrogen-bond donors (Lipinski definition) is 1. The molecule has 0 aliphatic rings. The topological polar surface area (TPSA) is 86.6 Å². The highest BCUT2D eigenvalue weighted by Gasteiger charge is 2.19. The molecule has 0 radical (unpaired) electrons. The summed E-state index contributed by atoms with van der Waals surface area (Å²) >= 11 is 6.10. The number of benzene rings is 3. The number of pyridine rings is 1. The van der Waals surface area contributed by atoms with E-state index < -0.39 is 22.9 Å². The van der Waals surface area contributed by atoms with Crippen LogP contribution in [0, 0.1) is 5.82 Å². The van der Waals surface area contributed by atoms with Crippen LogP contribution < -0.4 is 20.2 Å². The van der Waals surface area contributed by atoms with Gasteiger partial charge in [0, 0.05) is 28.2 Å². The molecular weight excluding hydrogens is 475 g/mol. The number of halogens is 2. The zero-order valence-corrected chi connectivity index (χ0v) is 19.6. The monoisotopic (exact) mass is 494 g/mol. The van der Waals surface area contributed by atoms with Crippen molar-refractivity contribution in [3.63, 3.8) is 0 Å². The first kappa shape index (κ1) is 24.0. The Labute approximate surface area is 204 Å². The van der Waals surface area contributed by atoms with Gasteiger partial charge in [-0.3, -0.25) is 14.4 Å². The molecule has 0 saturated heterocycles. The van der Waals surface area contributed by atoms with E-state index in [-0.39, 0.29) is 23.1 Å². The van der Waals surface area contributed by atoms with Crippen molar-refractivity contribution in [2.24, 2.45) is 0 Å². The van der Waals surface area contributed by atoms with E-state index in [9.17, 15) is 18.8 Å². The van der Waals surface area contributed by atoms with Gasteiger partial charge in [0.25, 0.3) is 0 Å². The van der Waals surface area contributed by atoms with Crippen molar-refractivity contribution in [2.75, 3.05) is 19.5 Å². The van der Waals surface area contributed by atoms with Crippen LogP contribution in [0.4, 0.5) is 10.1 Å². The number of carbonyl (C=O) groups excluding carboxylic acids is 2. The highest BCUT2D eigenvalue weighted by atomic mass is 35.5. The zero-order chi connectivity index (χ0) is 25.1. The van der Waals surface area contributed by atoms with Gasteiger partial charge in [-0.2, -0.15) is 0 Å². The quantitative estimate of drug-likeness (QED) is 0.377. The predicted molar refractivity (Wildman–Crippen MR) is 131 cm³/mol. The van der Waals surface area contributed by atoms with Crippen molar-refractivity contribution in [1.82, 2.24) is 4.57 Å². The van der Waals surface area contributed by atoms with Gasteiger partial charge in [-0.15, -0.1) is 0 Å². The summed E-state index contributed by atoms with van der Waals surface area (Å²) in [5.41, 5.74) is 0.288. The molecule has 4 rings (SSSR count). The van der Waals surface area contributed by atoms with E-state index in [1.54, 1.807) is 30.3 Å². The van der Waals surface area contributed by atoms with Crippen molar-refractivity contribution < 1.29 is 23.5 Å². The molecule has 0 aliphatic heterocycles. The first-order valence-electron chi connectivity index (χ1n) is 10.5. The number of methoxy groups -OCH3 is 2. The van der Waals surface area contributed by atoms with Gasteiger partial charge in [0.2, 0.25) is 11.3 Å². The Morgan fingerprint density at radius 2 is 1.74 bits per heavy atom. The van der Waals surface area contributed by atoms with E-state index in [4.69, 9.17) is 21.1 Å². The third-order valence-corrected chi connectivity index (χ3v) is 5.63. The van der Waals surface area contributed by atoms with Crippen molar-refractivity contribution in [3.8, 4) is 11.5 Å². The van der Waals surface area contributed by atoms with E-state index in [0.717, 1.165) is 12.1 Å². The lowest BCUT2D eigenvalue weighted by molar-refractivity contribution is -0.116. The van der Waals surface area contributed by atoms with Crippen molar-refractivity contribution >= 4 is 39.9 Å². The highest BCUT2D eigenvalue weighted by molar-refractivity contribution is 6.31. The largest absolute Gasteiger partial charge is 0.497 e. The van der Waals surface area contributed by atoms with E-state index in [1.165, 1.54) is 43.2 Å². The number of fused-ring (bicyclic) bond motifs is 1. The summed E-state index contributed by atoms with van der Waals surface area (Å²) in [6.07, 6.45) is 1.33. The third-order valence-electron chi connectivity index (χ3n) is 5.39. The third kappa shape index (κ3) is 5.02. The van der Waals surface area contributed by atoms with Crippen LogP contribution in [0.5, 0.6) is 11.5 Å². The summed E-state index contributed by atoms with van der Waals surface area (Å²) in [6.45, 7) is -0.211. The molecule has 0 saturated carbocycles. The van der Waals surface area contributed by atoms with Crippen LogP contribution in [0.15, 0.2) is 71.7 Å². The SMILES string of the molecule is COc1ccc(NC(=O)Cn2cc(C(=O)c3ccc(F)cc3)c(=O)c3cc(Cl)ccc32)c(OC)c1. The molecule has 1 N–H and O–H groups in total. The number of ketones is 1. The smallest absolute Gasteiger partial charge is 0.244 e. The molecule has 4 aromatic rings. The van der Waals surface area contributed by atoms with Crippen LogP contribution in [0.25, 0.3) is 10.9 Å². The number of nitrogens with one attached hydrogen (secondary N) is 1. The second-order valence-electron chi connectivity index (χ2n) is 7.61. The van der Waals surface area contributed by atoms with Crippen LogP contribution in [-0.4, -0.2) is 30.5 Å². The average molecular weight is 495 g/mol. The number of carbonyl (C=O) groups is 2. The lowest BCUT2D eigenvalue weighted by Gasteiger charge is -2.15. The maximum absolute atomic E-state index is 13.3. The molecule has 1 aromatic heterocycles. The van der Waals surface area contributed by atoms with Crippen molar-refractivity contribution in [2.45, 2.75) is 6.54 Å². The molecule has 0 fully saturated rings. The number of ether oxygens (including phenoxy) is 2. The van der Waals surface area contributed by atoms with Crippen LogP contribution in [0.3, 0.4) is 0 Å². The van der Waals surface area contributed by atoms with Crippen LogP contribution in [-0.2, 0) is 11.3 Å². The highest BCUT2D eigenvalue weighted by Crippen LogP contribution is 2.29. The summed E-state index contributed by atoms with van der Waals surface area (Å²) in [7, 11) is 2.99. The van der Waals surface area contributed by atoms with E-state index in [1.807, 2.05) is 0 Å². The van der Waals surface area contributed by atoms with E-state index >= 15 is 0 Å². The molecule has 3 aromatic carbocycles. The van der Waals surface area contributed by atoms with Crippen LogP contribution >= 0.6 is 11.6 Å². The number of hydrogen-bond acceptors (Lipinski definition) is 5. The fourth-order valence-corrected chi connectivity index (χ4v) is 3.84. The van der Waals surface area contributed by atoms with Gasteiger partial charge in [0.05, 0.1) is 31.0 Å². The summed E-state index contributed by atoms with van der Waals surface area (Å²) in [5, 5.41) is 3.25. The maximum Gasteiger partial charge on any atom is 0.244 e. The van der Waals surface area contributed by atoms with Gasteiger partial charge < -0.3 is 19.4 Å². The normalized spacial score (nSPS) is 10.7. The summed E-state index contributed by atoms with van der Waals surface area (Å²) in [4.78, 5) is 39.2. The first-order chi connectivity index (χ1) is 16.8. The van der Waals surface area contributed by atoms with E-state index in [2.05, 4.69) is 5.32 Å². The minimum atomic E-state index is -0.595. The molecule has 7 nitrogen and oxygen atoms in total. The standard InChI is InChI=1S/C26H20ClFN2O5/c1-34-18-8-9-21(23(12-18)35-2)29-24(31)14-30-13-20(25(32)15-3-6-17(28)7-4-15)26(33)19-11-16(27)5-10-22(19)30/h3-13H,14H2,1-2H3,(H,29,31). The number of nitrogens with zero attached hydrogens (tertiary/aromatic N) is 1. The van der Waals surface area contributed by atoms with Crippen molar-refractivity contribution in [1.29, 1.82) is 0 Å². The Morgan fingerprint density at radius 1 is 1.00 bits per heavy atom. The van der Waals surface area contributed by atoms with E-state index in [0.29, 0.717) is 27.7 Å². The van der Waals surface area contributed by atoms with Gasteiger partial charge in [-0.05, 0) is 54.6 Å². The van der Waals surface area contributed by atoms with Gasteiger partial charge in [0.1, 0.15) is 23.9 Å². The van der Waals surface area contributed by atoms with Gasteiger partial charge in [-0.1, -0.05) is 11.6 Å². The average Bonchev–Trinajstić information content (AvgIpc) is 2.86. The molecule has 0 unspecified atom stereocenters. The molecule has 0 bridgehead atoms. The first-order valence-corrected chi connectivity index (χ1v) is 10.8. The molecular formula is C26H20ClFN2O5. The molecule has 1 amide bonds. The van der Waals surface area contributed by atoms with Crippen molar-refractivity contribution in [3.05, 3.63) is 99.1 Å². The predicted octanol–water partition coefficient (Wildman–Crippen LogP) is 4.68. The van der Waals surface area contributed by atoms with Gasteiger partial charge >= 0.3 is 0 Å². The fraction of sp³-hybridized carbons (Fsp3) is 0.115. The van der Waals surface area contributed by atoms with Crippen LogP contribution in [0.1, 0.15) is 15.9 Å². The van der Waals surface area contributed by atoms with Crippen LogP contribution in [0.2, 0.25) is 5.02 Å². The number of aromatic nitrogens is 1. The fourth-order valence-electron chi connectivity index (χ4n) is 3.67. The van der Waals surface area contributed by atoms with Gasteiger partial charge in [-0.25, -0.2) is 4.39 Å². The summed E-state index contributed by atoms with van der Waals surface area (Å²) in [5.74, 6) is -0.556. The number of anilines is 1. The zero-order valence-electron chi connectivity index (χ0n) is 18.8. The summed E-state index contributed by atoms with van der Waals surface area (Å²) in [6, 6.07) is 14.5. The molecule has 0 atom stereocenters. The number of amides is 1. The lowest BCUT2D eigenvalue weighted by atomic mass is 10.0. The summed E-state index contributed by atoms with van der Waals surface area (Å²) < 4.78 is 25.3. The second kappa shape index (κ2) is 9.99. The minimum absolute atomic E-state index is 0.142. The molecule has 1 heterocycles. The molecule has 35 heavy (non-hydrogen) atoms. The Balaban J connectivity index is 1.73. The Kier molecular flexibility index (Phi) is 6.84. The maximum atomic E-state index is 13.3. The minimum Gasteiger partial charge on any atom is -0.497 e. The Hall–Kier alpha value is -4.17. The lowest BCUT2D eigenvalue weighted by Crippen LogP contribution is -2.24. The molecule has 0 aliphatic carbocycles.